The molecule has 6 heteroatoms. The van der Waals surface area contributed by atoms with Gasteiger partial charge in [-0.3, -0.25) is 14.2 Å². The van der Waals surface area contributed by atoms with Crippen molar-refractivity contribution in [2.24, 2.45) is 0 Å². The quantitative estimate of drug-likeness (QED) is 0.670. The van der Waals surface area contributed by atoms with Crippen LogP contribution in [-0.2, 0) is 11.2 Å². The van der Waals surface area contributed by atoms with Gasteiger partial charge in [0.2, 0.25) is 5.91 Å². The first-order valence-electron chi connectivity index (χ1n) is 10.2. The first-order chi connectivity index (χ1) is 14.0. The molecule has 1 aromatic heterocycles. The number of para-hydroxylation sites is 2. The Morgan fingerprint density at radius 3 is 2.38 bits per heavy atom. The molecule has 0 unspecified atom stereocenters. The molecule has 0 fully saturated rings. The Bertz CT molecular complexity index is 1140. The fraction of sp³-hybridized carbons (Fsp3) is 0.348. The van der Waals surface area contributed by atoms with Crippen LogP contribution in [0.3, 0.4) is 0 Å². The summed E-state index contributed by atoms with van der Waals surface area (Å²) < 4.78 is 2.67. The SMILES string of the molecule is CCCNC(=O)[C@@H](CC)n1c(=O)n(-c2ccccc2CC)c(=O)c2ccccc21. The molecule has 0 saturated carbocycles. The predicted molar refractivity (Wildman–Crippen MR) is 116 cm³/mol. The second kappa shape index (κ2) is 8.90. The van der Waals surface area contributed by atoms with Crippen molar-refractivity contribution in [3.8, 4) is 5.69 Å². The normalized spacial score (nSPS) is 12.1. The van der Waals surface area contributed by atoms with Gasteiger partial charge in [0.25, 0.3) is 5.56 Å². The fourth-order valence-electron chi connectivity index (χ4n) is 3.68. The Hall–Kier alpha value is -3.15. The van der Waals surface area contributed by atoms with Crippen LogP contribution < -0.4 is 16.6 Å². The number of fused-ring (bicyclic) bond motifs is 1. The number of benzene rings is 2. The number of carbonyl (C=O) groups is 1. The van der Waals surface area contributed by atoms with Crippen molar-refractivity contribution in [1.82, 2.24) is 14.5 Å². The largest absolute Gasteiger partial charge is 0.354 e. The average Bonchev–Trinajstić information content (AvgIpc) is 2.75. The Morgan fingerprint density at radius 1 is 1.00 bits per heavy atom. The molecule has 0 bridgehead atoms. The Labute approximate surface area is 169 Å². The molecule has 29 heavy (non-hydrogen) atoms. The van der Waals surface area contributed by atoms with Gasteiger partial charge in [0, 0.05) is 6.54 Å². The van der Waals surface area contributed by atoms with Gasteiger partial charge in [-0.05, 0) is 43.0 Å². The molecule has 0 saturated heterocycles. The molecule has 6 nitrogen and oxygen atoms in total. The highest BCUT2D eigenvalue weighted by Crippen LogP contribution is 2.19. The lowest BCUT2D eigenvalue weighted by Crippen LogP contribution is -2.44. The summed E-state index contributed by atoms with van der Waals surface area (Å²) >= 11 is 0. The number of amides is 1. The molecule has 0 aliphatic carbocycles. The molecule has 3 rings (SSSR count). The Balaban J connectivity index is 2.37. The summed E-state index contributed by atoms with van der Waals surface area (Å²) in [6.07, 6.45) is 1.93. The van der Waals surface area contributed by atoms with Gasteiger partial charge in [-0.1, -0.05) is 51.1 Å². The molecule has 1 atom stereocenters. The minimum Gasteiger partial charge on any atom is -0.354 e. The van der Waals surface area contributed by atoms with Gasteiger partial charge < -0.3 is 5.32 Å². The lowest BCUT2D eigenvalue weighted by molar-refractivity contribution is -0.124. The van der Waals surface area contributed by atoms with Crippen LogP contribution in [0, 0.1) is 0 Å². The Kier molecular flexibility index (Phi) is 6.32. The van der Waals surface area contributed by atoms with Crippen LogP contribution in [0.4, 0.5) is 0 Å². The molecule has 1 amide bonds. The van der Waals surface area contributed by atoms with Gasteiger partial charge in [-0.25, -0.2) is 9.36 Å². The number of aromatic nitrogens is 2. The van der Waals surface area contributed by atoms with Gasteiger partial charge in [0.15, 0.2) is 0 Å². The molecule has 0 aliphatic heterocycles. The van der Waals surface area contributed by atoms with Crippen molar-refractivity contribution >= 4 is 16.8 Å². The molecular weight excluding hydrogens is 366 g/mol. The van der Waals surface area contributed by atoms with Crippen LogP contribution in [0.1, 0.15) is 45.2 Å². The maximum atomic E-state index is 13.6. The van der Waals surface area contributed by atoms with E-state index in [1.807, 2.05) is 39.0 Å². The van der Waals surface area contributed by atoms with E-state index in [4.69, 9.17) is 0 Å². The molecule has 0 radical (unpaired) electrons. The monoisotopic (exact) mass is 393 g/mol. The van der Waals surface area contributed by atoms with Crippen molar-refractivity contribution < 1.29 is 4.79 Å². The van der Waals surface area contributed by atoms with Crippen LogP contribution in [0.15, 0.2) is 58.1 Å². The highest BCUT2D eigenvalue weighted by Gasteiger charge is 2.25. The van der Waals surface area contributed by atoms with Crippen molar-refractivity contribution in [1.29, 1.82) is 0 Å². The van der Waals surface area contributed by atoms with E-state index in [0.717, 1.165) is 12.0 Å². The van der Waals surface area contributed by atoms with E-state index in [0.29, 0.717) is 36.0 Å². The Morgan fingerprint density at radius 2 is 1.69 bits per heavy atom. The topological polar surface area (TPSA) is 73.1 Å². The highest BCUT2D eigenvalue weighted by molar-refractivity contribution is 5.84. The molecule has 2 aromatic carbocycles. The zero-order valence-electron chi connectivity index (χ0n) is 17.1. The summed E-state index contributed by atoms with van der Waals surface area (Å²) in [5, 5.41) is 3.30. The summed E-state index contributed by atoms with van der Waals surface area (Å²) in [5.74, 6) is -0.212. The number of rotatable bonds is 7. The summed E-state index contributed by atoms with van der Waals surface area (Å²) in [5.41, 5.74) is 1.08. The number of aryl methyl sites for hydroxylation is 1. The van der Waals surface area contributed by atoms with Crippen molar-refractivity contribution in [2.45, 2.75) is 46.1 Å². The summed E-state index contributed by atoms with van der Waals surface area (Å²) in [7, 11) is 0. The smallest absolute Gasteiger partial charge is 0.336 e. The van der Waals surface area contributed by atoms with E-state index in [1.165, 1.54) is 9.13 Å². The number of nitrogens with one attached hydrogen (secondary N) is 1. The van der Waals surface area contributed by atoms with E-state index < -0.39 is 11.7 Å². The third kappa shape index (κ3) is 3.75. The van der Waals surface area contributed by atoms with Crippen molar-refractivity contribution in [3.63, 3.8) is 0 Å². The number of nitrogens with zero attached hydrogens (tertiary/aromatic N) is 2. The van der Waals surface area contributed by atoms with Crippen LogP contribution in [-0.4, -0.2) is 21.6 Å². The van der Waals surface area contributed by atoms with Gasteiger partial charge in [0.1, 0.15) is 6.04 Å². The van der Waals surface area contributed by atoms with E-state index >= 15 is 0 Å². The molecular formula is C23H27N3O3. The summed E-state index contributed by atoms with van der Waals surface area (Å²) in [4.78, 5) is 39.7. The van der Waals surface area contributed by atoms with Gasteiger partial charge >= 0.3 is 5.69 Å². The number of carbonyl (C=O) groups excluding carboxylic acids is 1. The average molecular weight is 393 g/mol. The lowest BCUT2D eigenvalue weighted by Gasteiger charge is -2.22. The van der Waals surface area contributed by atoms with E-state index in [2.05, 4.69) is 5.32 Å². The summed E-state index contributed by atoms with van der Waals surface area (Å²) in [6, 6.07) is 13.7. The molecule has 1 heterocycles. The third-order valence-corrected chi connectivity index (χ3v) is 5.16. The lowest BCUT2D eigenvalue weighted by atomic mass is 10.1. The maximum absolute atomic E-state index is 13.6. The molecule has 0 spiro atoms. The van der Waals surface area contributed by atoms with Crippen LogP contribution in [0.25, 0.3) is 16.6 Å². The van der Waals surface area contributed by atoms with E-state index in [-0.39, 0.29) is 11.5 Å². The first-order valence-corrected chi connectivity index (χ1v) is 10.2. The predicted octanol–water partition coefficient (Wildman–Crippen LogP) is 3.19. The zero-order chi connectivity index (χ0) is 21.0. The van der Waals surface area contributed by atoms with Crippen molar-refractivity contribution in [2.75, 3.05) is 6.54 Å². The standard InChI is InChI=1S/C23H27N3O3/c1-4-15-24-21(27)18(6-3)25-20-14-10-8-12-17(20)22(28)26(23(25)29)19-13-9-7-11-16(19)5-2/h7-14,18H,4-6,15H2,1-3H3,(H,24,27)/t18-/m1/s1. The van der Waals surface area contributed by atoms with Crippen LogP contribution in [0.5, 0.6) is 0 Å². The number of hydrogen-bond donors (Lipinski definition) is 1. The molecule has 0 aliphatic rings. The van der Waals surface area contributed by atoms with Gasteiger partial charge in [-0.15, -0.1) is 0 Å². The van der Waals surface area contributed by atoms with Gasteiger partial charge in [0.05, 0.1) is 16.6 Å². The van der Waals surface area contributed by atoms with Crippen LogP contribution in [0.2, 0.25) is 0 Å². The first kappa shape index (κ1) is 20.6. The van der Waals surface area contributed by atoms with Gasteiger partial charge in [-0.2, -0.15) is 0 Å². The maximum Gasteiger partial charge on any atom is 0.336 e. The molecule has 152 valence electrons. The fourth-order valence-corrected chi connectivity index (χ4v) is 3.68. The second-order valence-corrected chi connectivity index (χ2v) is 7.01. The minimum absolute atomic E-state index is 0.212. The van der Waals surface area contributed by atoms with E-state index in [9.17, 15) is 14.4 Å². The summed E-state index contributed by atoms with van der Waals surface area (Å²) in [6.45, 7) is 6.37. The molecule has 1 N–H and O–H groups in total. The zero-order valence-corrected chi connectivity index (χ0v) is 17.1. The minimum atomic E-state index is -0.695. The second-order valence-electron chi connectivity index (χ2n) is 7.01. The third-order valence-electron chi connectivity index (χ3n) is 5.16. The number of hydrogen-bond acceptors (Lipinski definition) is 3. The molecule has 3 aromatic rings. The highest BCUT2D eigenvalue weighted by atomic mass is 16.2. The van der Waals surface area contributed by atoms with Crippen molar-refractivity contribution in [3.05, 3.63) is 74.9 Å². The van der Waals surface area contributed by atoms with Crippen LogP contribution >= 0.6 is 0 Å². The van der Waals surface area contributed by atoms with E-state index in [1.54, 1.807) is 30.3 Å².